The normalized spacial score (nSPS) is 13.6. The van der Waals surface area contributed by atoms with Gasteiger partial charge in [0.25, 0.3) is 11.5 Å². The molecule has 1 aliphatic rings. The topological polar surface area (TPSA) is 118 Å². The van der Waals surface area contributed by atoms with Crippen molar-refractivity contribution in [2.75, 3.05) is 47.1 Å². The van der Waals surface area contributed by atoms with Gasteiger partial charge in [0.15, 0.2) is 23.9 Å². The summed E-state index contributed by atoms with van der Waals surface area (Å²) in [6.45, 7) is 1.74. The highest BCUT2D eigenvalue weighted by atomic mass is 79.9. The number of nitrogens with zero attached hydrogens (tertiary/aromatic N) is 4. The molecule has 1 saturated heterocycles. The van der Waals surface area contributed by atoms with E-state index in [0.29, 0.717) is 64.3 Å². The number of benzene rings is 3. The minimum absolute atomic E-state index is 0.175. The van der Waals surface area contributed by atoms with Gasteiger partial charge in [0.2, 0.25) is 5.82 Å². The minimum atomic E-state index is -0.398. The molecule has 3 heterocycles. The van der Waals surface area contributed by atoms with Crippen LogP contribution in [0.2, 0.25) is 5.02 Å². The van der Waals surface area contributed by atoms with Crippen LogP contribution in [-0.4, -0.2) is 73.8 Å². The summed E-state index contributed by atoms with van der Waals surface area (Å²) >= 11 is 10.2. The molecule has 1 aliphatic heterocycles. The number of morpholine rings is 1. The number of hydrogen-bond donors (Lipinski definition) is 0. The molecule has 1 amide bonds. The second-order valence-electron chi connectivity index (χ2n) is 9.70. The van der Waals surface area contributed by atoms with E-state index in [1.54, 1.807) is 54.5 Å². The molecule has 1 fully saturated rings. The summed E-state index contributed by atoms with van der Waals surface area (Å²) in [6, 6.07) is 15.8. The van der Waals surface area contributed by atoms with Crippen molar-refractivity contribution in [2.45, 2.75) is 0 Å². The van der Waals surface area contributed by atoms with E-state index in [-0.39, 0.29) is 34.9 Å². The zero-order valence-corrected chi connectivity index (χ0v) is 26.1. The fraction of sp³-hybridized carbons (Fsp3) is 0.226. The Balaban J connectivity index is 1.39. The molecule has 0 bridgehead atoms. The summed E-state index contributed by atoms with van der Waals surface area (Å²) in [7, 11) is 3.04. The first-order valence-corrected chi connectivity index (χ1v) is 14.7. The standard InChI is InChI=1S/C31H26BrClN4O7/c1-40-22-8-5-9-23-20(22)15-25(44-23)30-35-21-7-4-3-6-19(21)31(39)37(30)34-16-18-14-24(41-2)29(28(33)27(18)32)43-17-26(38)36-10-12-42-13-11-36/h3-9,14-16H,10-13,17H2,1-2H3. The largest absolute Gasteiger partial charge is 0.496 e. The molecule has 3 aromatic carbocycles. The van der Waals surface area contributed by atoms with Gasteiger partial charge in [-0.2, -0.15) is 9.78 Å². The van der Waals surface area contributed by atoms with E-state index in [1.807, 2.05) is 12.1 Å². The zero-order chi connectivity index (χ0) is 30.8. The second-order valence-corrected chi connectivity index (χ2v) is 10.9. The van der Waals surface area contributed by atoms with Crippen molar-refractivity contribution < 1.29 is 28.2 Å². The number of carbonyl (C=O) groups is 1. The molecule has 6 rings (SSSR count). The average Bonchev–Trinajstić information content (AvgIpc) is 3.50. The first-order chi connectivity index (χ1) is 21.4. The van der Waals surface area contributed by atoms with Gasteiger partial charge in [0.1, 0.15) is 16.4 Å². The Morgan fingerprint density at radius 1 is 1.07 bits per heavy atom. The SMILES string of the molecule is COc1cc(C=Nn2c(-c3cc4c(OC)cccc4o3)nc3ccccc3c2=O)c(Br)c(Cl)c1OCC(=O)N1CCOCC1. The number of amides is 1. The summed E-state index contributed by atoms with van der Waals surface area (Å²) < 4.78 is 29.8. The number of halogens is 2. The van der Waals surface area contributed by atoms with E-state index < -0.39 is 5.56 Å². The van der Waals surface area contributed by atoms with Crippen LogP contribution in [0.3, 0.4) is 0 Å². The van der Waals surface area contributed by atoms with Crippen LogP contribution >= 0.6 is 27.5 Å². The molecule has 0 radical (unpaired) electrons. The number of methoxy groups -OCH3 is 2. The van der Waals surface area contributed by atoms with Crippen LogP contribution in [-0.2, 0) is 9.53 Å². The molecular weight excluding hydrogens is 656 g/mol. The highest BCUT2D eigenvalue weighted by molar-refractivity contribution is 9.10. The van der Waals surface area contributed by atoms with Gasteiger partial charge >= 0.3 is 0 Å². The lowest BCUT2D eigenvalue weighted by atomic mass is 10.2. The number of aromatic nitrogens is 2. The van der Waals surface area contributed by atoms with Gasteiger partial charge in [0.05, 0.1) is 49.9 Å². The maximum atomic E-state index is 13.7. The van der Waals surface area contributed by atoms with Crippen molar-refractivity contribution in [1.82, 2.24) is 14.6 Å². The highest BCUT2D eigenvalue weighted by Crippen LogP contribution is 2.42. The molecule has 0 saturated carbocycles. The van der Waals surface area contributed by atoms with Gasteiger partial charge in [-0.3, -0.25) is 9.59 Å². The van der Waals surface area contributed by atoms with E-state index in [2.05, 4.69) is 21.0 Å². The van der Waals surface area contributed by atoms with Gasteiger partial charge in [-0.1, -0.05) is 29.8 Å². The average molecular weight is 682 g/mol. The lowest BCUT2D eigenvalue weighted by Crippen LogP contribution is -2.43. The summed E-state index contributed by atoms with van der Waals surface area (Å²) in [5.41, 5.74) is 1.14. The van der Waals surface area contributed by atoms with E-state index in [4.69, 9.17) is 39.9 Å². The molecule has 44 heavy (non-hydrogen) atoms. The number of para-hydroxylation sites is 1. The van der Waals surface area contributed by atoms with Crippen LogP contribution in [0.4, 0.5) is 0 Å². The van der Waals surface area contributed by atoms with Crippen LogP contribution in [0.25, 0.3) is 33.5 Å². The van der Waals surface area contributed by atoms with Crippen molar-refractivity contribution in [3.63, 3.8) is 0 Å². The maximum Gasteiger partial charge on any atom is 0.282 e. The van der Waals surface area contributed by atoms with Crippen molar-refractivity contribution in [3.05, 3.63) is 80.0 Å². The Bertz CT molecular complexity index is 1970. The molecule has 0 aliphatic carbocycles. The third-order valence-corrected chi connectivity index (χ3v) is 8.55. The Labute approximate surface area is 264 Å². The first kappa shape index (κ1) is 29.7. The third-order valence-electron chi connectivity index (χ3n) is 7.11. The smallest absolute Gasteiger partial charge is 0.282 e. The van der Waals surface area contributed by atoms with Crippen molar-refractivity contribution >= 4 is 61.5 Å². The Hall–Kier alpha value is -4.39. The lowest BCUT2D eigenvalue weighted by Gasteiger charge is -2.27. The summed E-state index contributed by atoms with van der Waals surface area (Å²) in [6.07, 6.45) is 1.45. The van der Waals surface area contributed by atoms with Crippen molar-refractivity contribution in [1.29, 1.82) is 0 Å². The molecule has 226 valence electrons. The Morgan fingerprint density at radius 2 is 1.84 bits per heavy atom. The number of fused-ring (bicyclic) bond motifs is 2. The maximum absolute atomic E-state index is 13.7. The second kappa shape index (κ2) is 12.7. The quantitative estimate of drug-likeness (QED) is 0.201. The monoisotopic (exact) mass is 680 g/mol. The summed E-state index contributed by atoms with van der Waals surface area (Å²) in [5.74, 6) is 1.43. The fourth-order valence-electron chi connectivity index (χ4n) is 4.86. The number of carbonyl (C=O) groups excluding carboxylic acids is 1. The summed E-state index contributed by atoms with van der Waals surface area (Å²) in [4.78, 5) is 32.7. The number of ether oxygens (including phenoxy) is 4. The molecule has 11 nitrogen and oxygen atoms in total. The number of hydrogen-bond acceptors (Lipinski definition) is 9. The predicted octanol–water partition coefficient (Wildman–Crippen LogP) is 5.36. The van der Waals surface area contributed by atoms with Gasteiger partial charge < -0.3 is 28.3 Å². The molecule has 0 N–H and O–H groups in total. The van der Waals surface area contributed by atoms with Gasteiger partial charge in [-0.25, -0.2) is 4.98 Å². The summed E-state index contributed by atoms with van der Waals surface area (Å²) in [5, 5.41) is 5.81. The highest BCUT2D eigenvalue weighted by Gasteiger charge is 2.22. The van der Waals surface area contributed by atoms with E-state index in [0.717, 1.165) is 5.39 Å². The number of rotatable bonds is 8. The van der Waals surface area contributed by atoms with Crippen LogP contribution < -0.4 is 19.8 Å². The Kier molecular flexibility index (Phi) is 8.56. The molecule has 0 spiro atoms. The van der Waals surface area contributed by atoms with Gasteiger partial charge in [-0.15, -0.1) is 0 Å². The van der Waals surface area contributed by atoms with Crippen LogP contribution in [0.15, 0.2) is 73.4 Å². The molecule has 13 heteroatoms. The van der Waals surface area contributed by atoms with Crippen molar-refractivity contribution in [2.24, 2.45) is 5.10 Å². The molecule has 5 aromatic rings. The first-order valence-electron chi connectivity index (χ1n) is 13.6. The molecule has 0 atom stereocenters. The number of furan rings is 1. The molecule has 2 aromatic heterocycles. The van der Waals surface area contributed by atoms with E-state index >= 15 is 0 Å². The Morgan fingerprint density at radius 3 is 2.61 bits per heavy atom. The fourth-order valence-corrected chi connectivity index (χ4v) is 5.51. The third kappa shape index (κ3) is 5.63. The van der Waals surface area contributed by atoms with Gasteiger partial charge in [0, 0.05) is 23.1 Å². The predicted molar refractivity (Wildman–Crippen MR) is 169 cm³/mol. The van der Waals surface area contributed by atoms with Gasteiger partial charge in [-0.05, 0) is 52.3 Å². The van der Waals surface area contributed by atoms with Crippen LogP contribution in [0.5, 0.6) is 17.2 Å². The molecular formula is C31H26BrClN4O7. The lowest BCUT2D eigenvalue weighted by molar-refractivity contribution is -0.137. The zero-order valence-electron chi connectivity index (χ0n) is 23.7. The van der Waals surface area contributed by atoms with E-state index in [9.17, 15) is 9.59 Å². The van der Waals surface area contributed by atoms with Crippen LogP contribution in [0, 0.1) is 0 Å². The van der Waals surface area contributed by atoms with Crippen LogP contribution in [0.1, 0.15) is 5.56 Å². The molecule has 0 unspecified atom stereocenters. The minimum Gasteiger partial charge on any atom is -0.496 e. The van der Waals surface area contributed by atoms with Crippen molar-refractivity contribution in [3.8, 4) is 28.8 Å². The van der Waals surface area contributed by atoms with E-state index in [1.165, 1.54) is 18.0 Å².